The Bertz CT molecular complexity index is 889. The lowest BCUT2D eigenvalue weighted by molar-refractivity contribution is -0.129. The van der Waals surface area contributed by atoms with Crippen molar-refractivity contribution < 1.29 is 28.2 Å². The molecule has 7 nitrogen and oxygen atoms in total. The number of halogens is 1. The Hall–Kier alpha value is -3.16. The van der Waals surface area contributed by atoms with Gasteiger partial charge in [-0.1, -0.05) is 12.1 Å². The van der Waals surface area contributed by atoms with E-state index in [4.69, 9.17) is 9.47 Å². The molecule has 1 atom stereocenters. The summed E-state index contributed by atoms with van der Waals surface area (Å²) in [6, 6.07) is 5.99. The van der Waals surface area contributed by atoms with E-state index in [0.29, 0.717) is 24.2 Å². The number of aromatic amines is 1. The number of carbonyl (C=O) groups is 3. The molecule has 1 aromatic heterocycles. The number of hydrogen-bond donors (Lipinski definition) is 2. The zero-order valence-corrected chi connectivity index (χ0v) is 16.9. The average Bonchev–Trinajstić information content (AvgIpc) is 2.97. The summed E-state index contributed by atoms with van der Waals surface area (Å²) in [5, 5.41) is 2.67. The molecule has 0 unspecified atom stereocenters. The molecule has 29 heavy (non-hydrogen) atoms. The maximum atomic E-state index is 12.9. The molecule has 0 bridgehead atoms. The fourth-order valence-electron chi connectivity index (χ4n) is 2.86. The number of ether oxygens (including phenoxy) is 2. The minimum atomic E-state index is -1.02. The number of hydrogen-bond acceptors (Lipinski definition) is 5. The molecule has 1 aromatic carbocycles. The molecule has 2 aromatic rings. The molecule has 1 heterocycles. The Morgan fingerprint density at radius 1 is 1.14 bits per heavy atom. The molecule has 0 aliphatic heterocycles. The molecular weight excluding hydrogens is 379 g/mol. The Kier molecular flexibility index (Phi) is 7.52. The Balaban J connectivity index is 1.92. The number of carbonyl (C=O) groups excluding carboxylic acids is 3. The molecule has 1 amide bonds. The standard InChI is InChI=1S/C21H25FN2O5/c1-5-28-20(26)17-12(2)18(24-13(17)3)21(27)29-14(4)19(25)23-11-10-15-6-8-16(22)9-7-15/h6-9,14,24H,5,10-11H2,1-4H3,(H,23,25)/t14-/m0/s1. The number of benzene rings is 1. The van der Waals surface area contributed by atoms with Crippen molar-refractivity contribution in [2.75, 3.05) is 13.2 Å². The minimum absolute atomic E-state index is 0.108. The number of nitrogens with one attached hydrogen (secondary N) is 2. The predicted molar refractivity (Wildman–Crippen MR) is 104 cm³/mol. The van der Waals surface area contributed by atoms with Gasteiger partial charge in [-0.3, -0.25) is 4.79 Å². The van der Waals surface area contributed by atoms with Crippen LogP contribution in [0.5, 0.6) is 0 Å². The smallest absolute Gasteiger partial charge is 0.355 e. The van der Waals surface area contributed by atoms with Crippen LogP contribution in [0, 0.1) is 19.7 Å². The van der Waals surface area contributed by atoms with E-state index < -0.39 is 23.9 Å². The molecule has 0 fully saturated rings. The van der Waals surface area contributed by atoms with E-state index in [0.717, 1.165) is 5.56 Å². The van der Waals surface area contributed by atoms with E-state index in [2.05, 4.69) is 10.3 Å². The van der Waals surface area contributed by atoms with Gasteiger partial charge < -0.3 is 19.8 Å². The van der Waals surface area contributed by atoms with Gasteiger partial charge in [-0.05, 0) is 57.4 Å². The molecule has 156 valence electrons. The Labute approximate surface area is 168 Å². The first-order valence-corrected chi connectivity index (χ1v) is 9.34. The van der Waals surface area contributed by atoms with Crippen LogP contribution >= 0.6 is 0 Å². The summed E-state index contributed by atoms with van der Waals surface area (Å²) in [5.41, 5.74) is 2.17. The molecule has 0 radical (unpaired) electrons. The number of amides is 1. The van der Waals surface area contributed by atoms with Crippen molar-refractivity contribution in [3.63, 3.8) is 0 Å². The molecule has 2 rings (SSSR count). The summed E-state index contributed by atoms with van der Waals surface area (Å²) in [6.07, 6.45) is -0.505. The van der Waals surface area contributed by atoms with Gasteiger partial charge in [0, 0.05) is 12.2 Å². The van der Waals surface area contributed by atoms with Crippen molar-refractivity contribution >= 4 is 17.8 Å². The summed E-state index contributed by atoms with van der Waals surface area (Å²) in [5.74, 6) is -2.03. The third-order valence-corrected chi connectivity index (χ3v) is 4.40. The van der Waals surface area contributed by atoms with E-state index in [9.17, 15) is 18.8 Å². The summed E-state index contributed by atoms with van der Waals surface area (Å²) in [6.45, 7) is 6.96. The quantitative estimate of drug-likeness (QED) is 0.660. The molecule has 0 aliphatic carbocycles. The molecule has 0 spiro atoms. The zero-order chi connectivity index (χ0) is 21.6. The number of H-pyrrole nitrogens is 1. The van der Waals surface area contributed by atoms with E-state index >= 15 is 0 Å². The van der Waals surface area contributed by atoms with E-state index in [1.807, 2.05) is 0 Å². The number of aromatic nitrogens is 1. The van der Waals surface area contributed by atoms with Gasteiger partial charge in [0.1, 0.15) is 11.5 Å². The first-order valence-electron chi connectivity index (χ1n) is 9.34. The minimum Gasteiger partial charge on any atom is -0.462 e. The topological polar surface area (TPSA) is 97.5 Å². The van der Waals surface area contributed by atoms with Crippen LogP contribution in [-0.2, 0) is 20.7 Å². The maximum absolute atomic E-state index is 12.9. The largest absolute Gasteiger partial charge is 0.462 e. The number of esters is 2. The lowest BCUT2D eigenvalue weighted by Gasteiger charge is -2.13. The van der Waals surface area contributed by atoms with Gasteiger partial charge in [-0.15, -0.1) is 0 Å². The first-order chi connectivity index (χ1) is 13.7. The van der Waals surface area contributed by atoms with E-state index in [1.165, 1.54) is 19.1 Å². The molecular formula is C21H25FN2O5. The SMILES string of the molecule is CCOC(=O)c1c(C)[nH]c(C(=O)O[C@@H](C)C(=O)NCCc2ccc(F)cc2)c1C. The van der Waals surface area contributed by atoms with Gasteiger partial charge in [-0.2, -0.15) is 0 Å². The van der Waals surface area contributed by atoms with Crippen LogP contribution in [0.1, 0.15) is 51.5 Å². The molecule has 2 N–H and O–H groups in total. The monoisotopic (exact) mass is 404 g/mol. The molecule has 0 saturated carbocycles. The summed E-state index contributed by atoms with van der Waals surface area (Å²) in [4.78, 5) is 39.5. The third kappa shape index (κ3) is 5.66. The second kappa shape index (κ2) is 9.86. The van der Waals surface area contributed by atoms with E-state index in [1.54, 1.807) is 32.9 Å². The highest BCUT2D eigenvalue weighted by molar-refractivity contribution is 5.99. The van der Waals surface area contributed by atoms with Crippen molar-refractivity contribution in [1.82, 2.24) is 10.3 Å². The summed E-state index contributed by atoms with van der Waals surface area (Å²) in [7, 11) is 0. The predicted octanol–water partition coefficient (Wildman–Crippen LogP) is 2.85. The van der Waals surface area contributed by atoms with Gasteiger partial charge in [0.25, 0.3) is 5.91 Å². The summed E-state index contributed by atoms with van der Waals surface area (Å²) < 4.78 is 23.1. The Morgan fingerprint density at radius 3 is 2.41 bits per heavy atom. The van der Waals surface area contributed by atoms with Crippen molar-refractivity contribution in [2.45, 2.75) is 40.2 Å². The first kappa shape index (κ1) is 22.1. The van der Waals surface area contributed by atoms with Crippen LogP contribution in [0.3, 0.4) is 0 Å². The highest BCUT2D eigenvalue weighted by Gasteiger charge is 2.26. The molecule has 0 aliphatic rings. The van der Waals surface area contributed by atoms with Gasteiger partial charge in [0.15, 0.2) is 6.10 Å². The van der Waals surface area contributed by atoms with Crippen molar-refractivity contribution in [1.29, 1.82) is 0 Å². The van der Waals surface area contributed by atoms with Crippen molar-refractivity contribution in [3.05, 3.63) is 58.2 Å². The number of rotatable bonds is 8. The normalized spacial score (nSPS) is 11.6. The van der Waals surface area contributed by atoms with Crippen LogP contribution in [-0.4, -0.2) is 42.1 Å². The van der Waals surface area contributed by atoms with Crippen LogP contribution < -0.4 is 5.32 Å². The van der Waals surface area contributed by atoms with E-state index in [-0.39, 0.29) is 23.7 Å². The Morgan fingerprint density at radius 2 is 1.79 bits per heavy atom. The van der Waals surface area contributed by atoms with Gasteiger partial charge in [-0.25, -0.2) is 14.0 Å². The lowest BCUT2D eigenvalue weighted by atomic mass is 10.1. The summed E-state index contributed by atoms with van der Waals surface area (Å²) >= 11 is 0. The van der Waals surface area contributed by atoms with Crippen LogP contribution in [0.25, 0.3) is 0 Å². The molecule has 0 saturated heterocycles. The van der Waals surface area contributed by atoms with Gasteiger partial charge in [0.05, 0.1) is 12.2 Å². The third-order valence-electron chi connectivity index (χ3n) is 4.40. The maximum Gasteiger partial charge on any atom is 0.355 e. The molecule has 8 heteroatoms. The van der Waals surface area contributed by atoms with Crippen molar-refractivity contribution in [2.24, 2.45) is 0 Å². The average molecular weight is 404 g/mol. The lowest BCUT2D eigenvalue weighted by Crippen LogP contribution is -2.37. The van der Waals surface area contributed by atoms with Crippen molar-refractivity contribution in [3.8, 4) is 0 Å². The fraction of sp³-hybridized carbons (Fsp3) is 0.381. The fourth-order valence-corrected chi connectivity index (χ4v) is 2.86. The second-order valence-electron chi connectivity index (χ2n) is 6.56. The number of aryl methyl sites for hydroxylation is 1. The highest BCUT2D eigenvalue weighted by atomic mass is 19.1. The van der Waals surface area contributed by atoms with Crippen LogP contribution in [0.2, 0.25) is 0 Å². The highest BCUT2D eigenvalue weighted by Crippen LogP contribution is 2.20. The second-order valence-corrected chi connectivity index (χ2v) is 6.56. The zero-order valence-electron chi connectivity index (χ0n) is 16.9. The van der Waals surface area contributed by atoms with Gasteiger partial charge in [0.2, 0.25) is 0 Å². The van der Waals surface area contributed by atoms with Crippen LogP contribution in [0.4, 0.5) is 4.39 Å². The van der Waals surface area contributed by atoms with Gasteiger partial charge >= 0.3 is 11.9 Å². The van der Waals surface area contributed by atoms with Crippen LogP contribution in [0.15, 0.2) is 24.3 Å².